The Kier molecular flexibility index (Phi) is 5.05. The number of hydrogen-bond acceptors (Lipinski definition) is 2. The van der Waals surface area contributed by atoms with Gasteiger partial charge in [-0.25, -0.2) is 8.78 Å². The highest BCUT2D eigenvalue weighted by Gasteiger charge is 2.11. The van der Waals surface area contributed by atoms with E-state index in [0.717, 1.165) is 31.0 Å². The summed E-state index contributed by atoms with van der Waals surface area (Å²) in [5, 5.41) is 2.89. The van der Waals surface area contributed by atoms with Crippen molar-refractivity contribution in [2.24, 2.45) is 0 Å². The van der Waals surface area contributed by atoms with E-state index in [0.29, 0.717) is 6.54 Å². The number of hydrogen-bond donors (Lipinski definition) is 1. The molecule has 1 rings (SSSR count). The first kappa shape index (κ1) is 12.8. The number of carbonyl (C=O) groups is 1. The third-order valence-electron chi connectivity index (χ3n) is 2.22. The summed E-state index contributed by atoms with van der Waals surface area (Å²) in [6.45, 7) is 2.79. The summed E-state index contributed by atoms with van der Waals surface area (Å²) in [6, 6.07) is 2.89. The quantitative estimate of drug-likeness (QED) is 0.597. The average molecular weight is 227 g/mol. The summed E-state index contributed by atoms with van der Waals surface area (Å²) in [5.41, 5.74) is -0.191. The third kappa shape index (κ3) is 3.70. The first-order valence-electron chi connectivity index (χ1n) is 5.34. The molecule has 0 saturated carbocycles. The van der Waals surface area contributed by atoms with Crippen molar-refractivity contribution in [1.82, 2.24) is 5.32 Å². The molecule has 1 N–H and O–H groups in total. The number of rotatable bonds is 6. The minimum absolute atomic E-state index is 0.0420. The SMILES string of the molecule is CCCCNCC(=O)c1cc(F)ccc1F. The molecule has 88 valence electrons. The summed E-state index contributed by atoms with van der Waals surface area (Å²) in [5.74, 6) is -1.70. The van der Waals surface area contributed by atoms with Gasteiger partial charge in [-0.15, -0.1) is 0 Å². The zero-order valence-electron chi connectivity index (χ0n) is 9.22. The predicted molar refractivity (Wildman–Crippen MR) is 58.5 cm³/mol. The molecule has 0 heterocycles. The highest BCUT2D eigenvalue weighted by molar-refractivity contribution is 5.97. The molecule has 0 aliphatic heterocycles. The molecule has 0 bridgehead atoms. The zero-order valence-corrected chi connectivity index (χ0v) is 9.22. The molecule has 2 nitrogen and oxygen atoms in total. The van der Waals surface area contributed by atoms with E-state index in [-0.39, 0.29) is 12.1 Å². The molecule has 4 heteroatoms. The average Bonchev–Trinajstić information content (AvgIpc) is 2.27. The molecule has 0 aromatic heterocycles. The molecular formula is C12H15F2NO. The van der Waals surface area contributed by atoms with Gasteiger partial charge in [-0.2, -0.15) is 0 Å². The van der Waals surface area contributed by atoms with Crippen LogP contribution in [0.5, 0.6) is 0 Å². The van der Waals surface area contributed by atoms with Gasteiger partial charge >= 0.3 is 0 Å². The van der Waals surface area contributed by atoms with Gasteiger partial charge in [0.2, 0.25) is 0 Å². The fourth-order valence-corrected chi connectivity index (χ4v) is 1.31. The van der Waals surface area contributed by atoms with Crippen LogP contribution in [0.4, 0.5) is 8.78 Å². The minimum atomic E-state index is -0.677. The van der Waals surface area contributed by atoms with Gasteiger partial charge in [0.25, 0.3) is 0 Å². The molecule has 1 aromatic carbocycles. The minimum Gasteiger partial charge on any atom is -0.310 e. The van der Waals surface area contributed by atoms with Crippen LogP contribution in [0.1, 0.15) is 30.1 Å². The number of unbranched alkanes of at least 4 members (excludes halogenated alkanes) is 1. The van der Waals surface area contributed by atoms with E-state index in [1.807, 2.05) is 6.92 Å². The number of ketones is 1. The van der Waals surface area contributed by atoms with Crippen molar-refractivity contribution in [1.29, 1.82) is 0 Å². The molecule has 0 radical (unpaired) electrons. The molecule has 1 aromatic rings. The Morgan fingerprint density at radius 1 is 1.38 bits per heavy atom. The normalized spacial score (nSPS) is 10.4. The van der Waals surface area contributed by atoms with E-state index in [1.165, 1.54) is 0 Å². The lowest BCUT2D eigenvalue weighted by Crippen LogP contribution is -2.24. The lowest BCUT2D eigenvalue weighted by molar-refractivity contribution is 0.0987. The smallest absolute Gasteiger partial charge is 0.179 e. The second kappa shape index (κ2) is 6.33. The largest absolute Gasteiger partial charge is 0.310 e. The van der Waals surface area contributed by atoms with Crippen molar-refractivity contribution in [2.75, 3.05) is 13.1 Å². The standard InChI is InChI=1S/C12H15F2NO/c1-2-3-6-15-8-12(16)10-7-9(13)4-5-11(10)14/h4-5,7,15H,2-3,6,8H2,1H3. The monoisotopic (exact) mass is 227 g/mol. The highest BCUT2D eigenvalue weighted by atomic mass is 19.1. The fourth-order valence-electron chi connectivity index (χ4n) is 1.31. The zero-order chi connectivity index (χ0) is 12.0. The molecule has 0 amide bonds. The van der Waals surface area contributed by atoms with Crippen LogP contribution in [0.3, 0.4) is 0 Å². The number of carbonyl (C=O) groups excluding carboxylic acids is 1. The first-order chi connectivity index (χ1) is 7.65. The molecule has 0 atom stereocenters. The van der Waals surface area contributed by atoms with Crippen molar-refractivity contribution >= 4 is 5.78 Å². The van der Waals surface area contributed by atoms with Crippen LogP contribution in [0.15, 0.2) is 18.2 Å². The third-order valence-corrected chi connectivity index (χ3v) is 2.22. The predicted octanol–water partition coefficient (Wildman–Crippen LogP) is 2.54. The summed E-state index contributed by atoms with van der Waals surface area (Å²) in [4.78, 5) is 11.5. The van der Waals surface area contributed by atoms with Gasteiger partial charge in [0, 0.05) is 0 Å². The Hall–Kier alpha value is -1.29. The summed E-state index contributed by atoms with van der Waals surface area (Å²) in [6.07, 6.45) is 1.98. The van der Waals surface area contributed by atoms with Crippen LogP contribution in [0.25, 0.3) is 0 Å². The maximum Gasteiger partial charge on any atom is 0.179 e. The van der Waals surface area contributed by atoms with Crippen LogP contribution in [0, 0.1) is 11.6 Å². The second-order valence-electron chi connectivity index (χ2n) is 3.58. The van der Waals surface area contributed by atoms with Crippen molar-refractivity contribution < 1.29 is 13.6 Å². The van der Waals surface area contributed by atoms with Crippen molar-refractivity contribution in [3.8, 4) is 0 Å². The van der Waals surface area contributed by atoms with Crippen molar-refractivity contribution in [3.63, 3.8) is 0 Å². The molecular weight excluding hydrogens is 212 g/mol. The Balaban J connectivity index is 2.55. The van der Waals surface area contributed by atoms with E-state index >= 15 is 0 Å². The van der Waals surface area contributed by atoms with E-state index in [4.69, 9.17) is 0 Å². The van der Waals surface area contributed by atoms with E-state index < -0.39 is 17.4 Å². The Bertz CT molecular complexity index is 366. The lowest BCUT2D eigenvalue weighted by atomic mass is 10.1. The van der Waals surface area contributed by atoms with Crippen LogP contribution >= 0.6 is 0 Å². The number of halogens is 2. The van der Waals surface area contributed by atoms with Gasteiger partial charge in [0.05, 0.1) is 12.1 Å². The van der Waals surface area contributed by atoms with Crippen molar-refractivity contribution in [3.05, 3.63) is 35.4 Å². The topological polar surface area (TPSA) is 29.1 Å². The summed E-state index contributed by atoms with van der Waals surface area (Å²) < 4.78 is 26.0. The van der Waals surface area contributed by atoms with Gasteiger partial charge in [-0.3, -0.25) is 4.79 Å². The van der Waals surface area contributed by atoms with Crippen LogP contribution in [-0.4, -0.2) is 18.9 Å². The second-order valence-corrected chi connectivity index (χ2v) is 3.58. The molecule has 0 spiro atoms. The van der Waals surface area contributed by atoms with E-state index in [2.05, 4.69) is 5.32 Å². The summed E-state index contributed by atoms with van der Waals surface area (Å²) >= 11 is 0. The number of benzene rings is 1. The Morgan fingerprint density at radius 3 is 2.81 bits per heavy atom. The maximum absolute atomic E-state index is 13.2. The molecule has 0 fully saturated rings. The van der Waals surface area contributed by atoms with Gasteiger partial charge in [0.15, 0.2) is 5.78 Å². The molecule has 0 saturated heterocycles. The number of Topliss-reactive ketones (excluding diaryl/α,β-unsaturated/α-hetero) is 1. The van der Waals surface area contributed by atoms with Gasteiger partial charge in [-0.05, 0) is 31.2 Å². The molecule has 16 heavy (non-hydrogen) atoms. The van der Waals surface area contributed by atoms with E-state index in [9.17, 15) is 13.6 Å². The summed E-state index contributed by atoms with van der Waals surface area (Å²) in [7, 11) is 0. The fraction of sp³-hybridized carbons (Fsp3) is 0.417. The molecule has 0 aliphatic rings. The van der Waals surface area contributed by atoms with Crippen LogP contribution in [0.2, 0.25) is 0 Å². The van der Waals surface area contributed by atoms with Crippen molar-refractivity contribution in [2.45, 2.75) is 19.8 Å². The molecule has 0 aliphatic carbocycles. The van der Waals surface area contributed by atoms with Crippen LogP contribution < -0.4 is 5.32 Å². The Morgan fingerprint density at radius 2 is 2.12 bits per heavy atom. The maximum atomic E-state index is 13.2. The van der Waals surface area contributed by atoms with Gasteiger partial charge in [0.1, 0.15) is 11.6 Å². The number of nitrogens with one attached hydrogen (secondary N) is 1. The lowest BCUT2D eigenvalue weighted by Gasteiger charge is -2.04. The highest BCUT2D eigenvalue weighted by Crippen LogP contribution is 2.09. The van der Waals surface area contributed by atoms with Gasteiger partial charge in [-0.1, -0.05) is 13.3 Å². The van der Waals surface area contributed by atoms with E-state index in [1.54, 1.807) is 0 Å². The van der Waals surface area contributed by atoms with Crippen LogP contribution in [-0.2, 0) is 0 Å². The first-order valence-corrected chi connectivity index (χ1v) is 5.34. The van der Waals surface area contributed by atoms with Gasteiger partial charge < -0.3 is 5.32 Å². The Labute approximate surface area is 93.7 Å². The molecule has 0 unspecified atom stereocenters.